The maximum Gasteiger partial charge on any atom is 0.168 e. The van der Waals surface area contributed by atoms with Gasteiger partial charge in [0.2, 0.25) is 0 Å². The van der Waals surface area contributed by atoms with E-state index in [2.05, 4.69) is 5.10 Å². The van der Waals surface area contributed by atoms with Crippen LogP contribution in [-0.4, -0.2) is 19.0 Å². The molecule has 2 aromatic rings. The Morgan fingerprint density at radius 2 is 1.75 bits per heavy atom. The van der Waals surface area contributed by atoms with Gasteiger partial charge in [-0.2, -0.15) is 5.10 Å². The summed E-state index contributed by atoms with van der Waals surface area (Å²) in [5.41, 5.74) is 2.93. The number of Topliss-reactive ketones (excluding diaryl/α,β-unsaturated/α-hetero) is 1. The summed E-state index contributed by atoms with van der Waals surface area (Å²) < 4.78 is 0. The van der Waals surface area contributed by atoms with Crippen molar-refractivity contribution in [2.75, 3.05) is 12.1 Å². The zero-order chi connectivity index (χ0) is 14.4. The Morgan fingerprint density at radius 1 is 1.10 bits per heavy atom. The Morgan fingerprint density at radius 3 is 2.40 bits per heavy atom. The van der Waals surface area contributed by atoms with Crippen molar-refractivity contribution < 1.29 is 4.79 Å². The Bertz CT molecular complexity index is 588. The molecule has 0 aliphatic carbocycles. The van der Waals surface area contributed by atoms with Crippen LogP contribution in [0, 0.1) is 6.92 Å². The predicted molar refractivity (Wildman–Crippen MR) is 83.5 cm³/mol. The van der Waals surface area contributed by atoms with Gasteiger partial charge in [-0.1, -0.05) is 48.0 Å². The number of carbonyl (C=O) groups is 1. The Hall–Kier alpha value is -2.42. The first kappa shape index (κ1) is 14.0. The summed E-state index contributed by atoms with van der Waals surface area (Å²) in [7, 11) is 1.87. The third kappa shape index (κ3) is 3.79. The van der Waals surface area contributed by atoms with Crippen molar-refractivity contribution in [3.63, 3.8) is 0 Å². The van der Waals surface area contributed by atoms with Crippen molar-refractivity contribution in [1.82, 2.24) is 0 Å². The lowest BCUT2D eigenvalue weighted by Crippen LogP contribution is -2.09. The molecular formula is C17H18N2O. The highest BCUT2D eigenvalue weighted by molar-refractivity contribution is 6.03. The molecule has 0 aliphatic heterocycles. The Balaban J connectivity index is 1.93. The number of hydrogen-bond donors (Lipinski definition) is 0. The molecule has 3 heteroatoms. The standard InChI is InChI=1S/C17H18N2O/c1-14-8-10-16(11-9-14)19(2)18-13-12-17(20)15-6-4-3-5-7-15/h3-11,13H,12H2,1-2H3/b18-13+. The zero-order valence-corrected chi connectivity index (χ0v) is 11.8. The van der Waals surface area contributed by atoms with E-state index in [1.54, 1.807) is 11.2 Å². The van der Waals surface area contributed by atoms with Gasteiger partial charge in [0.05, 0.1) is 5.69 Å². The minimum Gasteiger partial charge on any atom is -0.294 e. The molecular weight excluding hydrogens is 248 g/mol. The fourth-order valence-corrected chi connectivity index (χ4v) is 1.82. The third-order valence-corrected chi connectivity index (χ3v) is 3.03. The minimum absolute atomic E-state index is 0.0756. The van der Waals surface area contributed by atoms with Crippen LogP contribution in [0.4, 0.5) is 5.69 Å². The fourth-order valence-electron chi connectivity index (χ4n) is 1.82. The number of hydrogen-bond acceptors (Lipinski definition) is 3. The maximum absolute atomic E-state index is 11.9. The van der Waals surface area contributed by atoms with E-state index in [0.717, 1.165) is 11.3 Å². The van der Waals surface area contributed by atoms with E-state index in [-0.39, 0.29) is 5.78 Å². The number of ketones is 1. The lowest BCUT2D eigenvalue weighted by atomic mass is 10.1. The van der Waals surface area contributed by atoms with E-state index in [1.165, 1.54) is 5.56 Å². The molecule has 0 unspecified atom stereocenters. The summed E-state index contributed by atoms with van der Waals surface area (Å²) in [6.45, 7) is 2.05. The molecule has 102 valence electrons. The zero-order valence-electron chi connectivity index (χ0n) is 11.8. The van der Waals surface area contributed by atoms with Crippen molar-refractivity contribution in [3.8, 4) is 0 Å². The van der Waals surface area contributed by atoms with Crippen LogP contribution in [0.25, 0.3) is 0 Å². The summed E-state index contributed by atoms with van der Waals surface area (Å²) in [5.74, 6) is 0.0756. The highest BCUT2D eigenvalue weighted by Gasteiger charge is 2.03. The van der Waals surface area contributed by atoms with Gasteiger partial charge in [0.1, 0.15) is 0 Å². The molecule has 3 nitrogen and oxygen atoms in total. The first-order valence-corrected chi connectivity index (χ1v) is 6.58. The number of hydrazone groups is 1. The Labute approximate surface area is 119 Å². The van der Waals surface area contributed by atoms with E-state index in [1.807, 2.05) is 68.6 Å². The summed E-state index contributed by atoms with van der Waals surface area (Å²) in [6, 6.07) is 17.4. The normalized spacial score (nSPS) is 10.7. The number of rotatable bonds is 5. The molecule has 0 amide bonds. The van der Waals surface area contributed by atoms with Crippen molar-refractivity contribution in [3.05, 3.63) is 65.7 Å². The fraction of sp³-hybridized carbons (Fsp3) is 0.176. The molecule has 0 saturated carbocycles. The van der Waals surface area contributed by atoms with Crippen molar-refractivity contribution in [2.45, 2.75) is 13.3 Å². The quantitative estimate of drug-likeness (QED) is 0.469. The highest BCUT2D eigenvalue weighted by atomic mass is 16.1. The van der Waals surface area contributed by atoms with Crippen LogP contribution in [0.3, 0.4) is 0 Å². The van der Waals surface area contributed by atoms with Gasteiger partial charge in [0, 0.05) is 25.2 Å². The maximum atomic E-state index is 11.9. The number of aryl methyl sites for hydroxylation is 1. The second-order valence-corrected chi connectivity index (χ2v) is 4.65. The highest BCUT2D eigenvalue weighted by Crippen LogP contribution is 2.13. The molecule has 0 aromatic heterocycles. The largest absolute Gasteiger partial charge is 0.294 e. The van der Waals surface area contributed by atoms with E-state index in [9.17, 15) is 4.79 Å². The smallest absolute Gasteiger partial charge is 0.168 e. The molecule has 0 radical (unpaired) electrons. The molecule has 0 spiro atoms. The number of benzene rings is 2. The van der Waals surface area contributed by atoms with Crippen molar-refractivity contribution in [1.29, 1.82) is 0 Å². The van der Waals surface area contributed by atoms with Crippen LogP contribution < -0.4 is 5.01 Å². The summed E-state index contributed by atoms with van der Waals surface area (Å²) >= 11 is 0. The predicted octanol–water partition coefficient (Wildman–Crippen LogP) is 3.69. The first-order chi connectivity index (χ1) is 9.66. The monoisotopic (exact) mass is 266 g/mol. The number of anilines is 1. The van der Waals surface area contributed by atoms with Gasteiger partial charge in [-0.25, -0.2) is 0 Å². The molecule has 0 N–H and O–H groups in total. The van der Waals surface area contributed by atoms with Gasteiger partial charge >= 0.3 is 0 Å². The van der Waals surface area contributed by atoms with E-state index in [4.69, 9.17) is 0 Å². The van der Waals surface area contributed by atoms with E-state index < -0.39 is 0 Å². The number of carbonyl (C=O) groups excluding carboxylic acids is 1. The molecule has 20 heavy (non-hydrogen) atoms. The van der Waals surface area contributed by atoms with Gasteiger partial charge in [0.25, 0.3) is 0 Å². The van der Waals surface area contributed by atoms with Gasteiger partial charge in [0.15, 0.2) is 5.78 Å². The van der Waals surface area contributed by atoms with Gasteiger partial charge in [-0.15, -0.1) is 0 Å². The minimum atomic E-state index is 0.0756. The van der Waals surface area contributed by atoms with Crippen LogP contribution in [-0.2, 0) is 0 Å². The van der Waals surface area contributed by atoms with Crippen LogP contribution >= 0.6 is 0 Å². The average molecular weight is 266 g/mol. The lowest BCUT2D eigenvalue weighted by Gasteiger charge is -2.12. The van der Waals surface area contributed by atoms with Crippen molar-refractivity contribution >= 4 is 17.7 Å². The van der Waals surface area contributed by atoms with Gasteiger partial charge < -0.3 is 0 Å². The molecule has 2 aromatic carbocycles. The molecule has 0 aliphatic rings. The first-order valence-electron chi connectivity index (χ1n) is 6.58. The second-order valence-electron chi connectivity index (χ2n) is 4.65. The lowest BCUT2D eigenvalue weighted by molar-refractivity contribution is 0.100. The third-order valence-electron chi connectivity index (χ3n) is 3.03. The van der Waals surface area contributed by atoms with Crippen molar-refractivity contribution in [2.24, 2.45) is 5.10 Å². The average Bonchev–Trinajstić information content (AvgIpc) is 2.48. The molecule has 0 saturated heterocycles. The van der Waals surface area contributed by atoms with Gasteiger partial charge in [-0.05, 0) is 19.1 Å². The van der Waals surface area contributed by atoms with Crippen LogP contribution in [0.2, 0.25) is 0 Å². The second kappa shape index (κ2) is 6.66. The number of nitrogens with zero attached hydrogens (tertiary/aromatic N) is 2. The topological polar surface area (TPSA) is 32.7 Å². The van der Waals surface area contributed by atoms with Crippen LogP contribution in [0.1, 0.15) is 22.3 Å². The molecule has 0 atom stereocenters. The summed E-state index contributed by atoms with van der Waals surface area (Å²) in [5, 5.41) is 6.04. The molecule has 0 heterocycles. The molecule has 0 bridgehead atoms. The summed E-state index contributed by atoms with van der Waals surface area (Å²) in [6.07, 6.45) is 1.95. The van der Waals surface area contributed by atoms with Gasteiger partial charge in [-0.3, -0.25) is 9.80 Å². The van der Waals surface area contributed by atoms with E-state index in [0.29, 0.717) is 6.42 Å². The summed E-state index contributed by atoms with van der Waals surface area (Å²) in [4.78, 5) is 11.9. The Kier molecular flexibility index (Phi) is 4.66. The SMILES string of the molecule is Cc1ccc(N(C)/N=C/CC(=O)c2ccccc2)cc1. The molecule has 2 rings (SSSR count). The van der Waals surface area contributed by atoms with E-state index >= 15 is 0 Å². The molecule has 0 fully saturated rings. The van der Waals surface area contributed by atoms with Crippen LogP contribution in [0.5, 0.6) is 0 Å². The van der Waals surface area contributed by atoms with Crippen LogP contribution in [0.15, 0.2) is 59.7 Å².